The third-order valence-corrected chi connectivity index (χ3v) is 3.87. The Morgan fingerprint density at radius 3 is 1.76 bits per heavy atom. The monoisotopic (exact) mass is 473 g/mol. The van der Waals surface area contributed by atoms with Crippen molar-refractivity contribution in [3.63, 3.8) is 0 Å². The van der Waals surface area contributed by atoms with Gasteiger partial charge < -0.3 is 30.5 Å². The number of halogens is 3. The molecule has 178 valence electrons. The molecule has 13 heteroatoms. The fourth-order valence-electron chi connectivity index (χ4n) is 2.45. The van der Waals surface area contributed by atoms with Crippen LogP contribution in [0.5, 0.6) is 5.75 Å². The molecule has 0 spiro atoms. The molecule has 1 aliphatic rings. The molecule has 5 N–H and O–H groups in total. The highest BCUT2D eigenvalue weighted by Gasteiger charge is 2.30. The zero-order valence-electron chi connectivity index (χ0n) is 16.6. The first kappa shape index (κ1) is 26.9. The quantitative estimate of drug-likeness (QED) is 0.408. The molecule has 0 aliphatic carbocycles. The lowest BCUT2D eigenvalue weighted by Crippen LogP contribution is -2.31. The summed E-state index contributed by atoms with van der Waals surface area (Å²) in [5.74, 6) is -6.86. The Kier molecular flexibility index (Phi) is 9.82. The standard InChI is InChI=1S/C16H14F3NO.2C2H2O4/c17-16(18,19)12-5-7-13(8-6-12)21-15-10-20-9-11-3-1-2-4-14(11)15;2*3-1(4)2(5)6/h1-8,15,20H,9-10H2;2*(H,3,4)(H,5,6). The lowest BCUT2D eigenvalue weighted by atomic mass is 9.99. The molecule has 0 bridgehead atoms. The van der Waals surface area contributed by atoms with Gasteiger partial charge >= 0.3 is 30.1 Å². The summed E-state index contributed by atoms with van der Waals surface area (Å²) < 4.78 is 43.4. The van der Waals surface area contributed by atoms with Gasteiger partial charge in [-0.2, -0.15) is 13.2 Å². The Bertz CT molecular complexity index is 943. The number of alkyl halides is 3. The van der Waals surface area contributed by atoms with Crippen LogP contribution in [0.4, 0.5) is 13.2 Å². The Hall–Kier alpha value is -4.13. The SMILES string of the molecule is FC(F)(F)c1ccc(OC2CNCc3ccccc32)cc1.O=C(O)C(=O)O.O=C(O)C(=O)O. The summed E-state index contributed by atoms with van der Waals surface area (Å²) in [6, 6.07) is 12.7. The van der Waals surface area contributed by atoms with Crippen LogP contribution in [0.1, 0.15) is 22.8 Å². The summed E-state index contributed by atoms with van der Waals surface area (Å²) in [6.07, 6.45) is -4.51. The van der Waals surface area contributed by atoms with Crippen molar-refractivity contribution in [1.82, 2.24) is 5.32 Å². The fraction of sp³-hybridized carbons (Fsp3) is 0.200. The van der Waals surface area contributed by atoms with Gasteiger partial charge in [0.25, 0.3) is 0 Å². The predicted molar refractivity (Wildman–Crippen MR) is 104 cm³/mol. The number of carbonyl (C=O) groups is 4. The molecule has 0 amide bonds. The highest BCUT2D eigenvalue weighted by Crippen LogP contribution is 2.32. The highest BCUT2D eigenvalue weighted by atomic mass is 19.4. The van der Waals surface area contributed by atoms with E-state index in [-0.39, 0.29) is 6.10 Å². The van der Waals surface area contributed by atoms with Crippen LogP contribution in [0, 0.1) is 0 Å². The van der Waals surface area contributed by atoms with E-state index in [1.165, 1.54) is 12.1 Å². The van der Waals surface area contributed by atoms with Gasteiger partial charge in [0.15, 0.2) is 0 Å². The molecule has 0 fully saturated rings. The lowest BCUT2D eigenvalue weighted by molar-refractivity contribution is -0.159. The van der Waals surface area contributed by atoms with Gasteiger partial charge in [-0.15, -0.1) is 0 Å². The summed E-state index contributed by atoms with van der Waals surface area (Å²) in [5.41, 5.74) is 1.56. The number of hydrogen-bond acceptors (Lipinski definition) is 6. The van der Waals surface area contributed by atoms with Crippen molar-refractivity contribution in [2.75, 3.05) is 6.54 Å². The van der Waals surface area contributed by atoms with Gasteiger partial charge in [-0.1, -0.05) is 24.3 Å². The van der Waals surface area contributed by atoms with Crippen LogP contribution in [0.25, 0.3) is 0 Å². The molecule has 0 saturated carbocycles. The Morgan fingerprint density at radius 2 is 1.30 bits per heavy atom. The Morgan fingerprint density at radius 1 is 0.818 bits per heavy atom. The number of hydrogen-bond donors (Lipinski definition) is 5. The van der Waals surface area contributed by atoms with Crippen LogP contribution in [-0.4, -0.2) is 50.8 Å². The van der Waals surface area contributed by atoms with E-state index in [0.717, 1.165) is 29.8 Å². The van der Waals surface area contributed by atoms with Crippen molar-refractivity contribution < 1.29 is 57.5 Å². The van der Waals surface area contributed by atoms with Crippen LogP contribution >= 0.6 is 0 Å². The first-order valence-electron chi connectivity index (χ1n) is 8.87. The number of rotatable bonds is 2. The van der Waals surface area contributed by atoms with E-state index in [1.54, 1.807) is 0 Å². The average Bonchev–Trinajstić information content (AvgIpc) is 2.74. The van der Waals surface area contributed by atoms with E-state index in [1.807, 2.05) is 24.3 Å². The number of ether oxygens (including phenoxy) is 1. The second-order valence-corrected chi connectivity index (χ2v) is 6.18. The van der Waals surface area contributed by atoms with Crippen LogP contribution in [0.3, 0.4) is 0 Å². The van der Waals surface area contributed by atoms with Gasteiger partial charge in [0.2, 0.25) is 0 Å². The van der Waals surface area contributed by atoms with E-state index >= 15 is 0 Å². The van der Waals surface area contributed by atoms with Crippen molar-refractivity contribution >= 4 is 23.9 Å². The van der Waals surface area contributed by atoms with Gasteiger partial charge in [0, 0.05) is 13.1 Å². The molecule has 1 heterocycles. The second-order valence-electron chi connectivity index (χ2n) is 6.18. The molecule has 0 aromatic heterocycles. The minimum absolute atomic E-state index is 0.188. The number of aliphatic carboxylic acids is 4. The van der Waals surface area contributed by atoms with Gasteiger partial charge in [-0.3, -0.25) is 0 Å². The third-order valence-electron chi connectivity index (χ3n) is 3.87. The van der Waals surface area contributed by atoms with Crippen molar-refractivity contribution in [3.8, 4) is 5.75 Å². The van der Waals surface area contributed by atoms with Crippen molar-refractivity contribution in [2.45, 2.75) is 18.8 Å². The summed E-state index contributed by atoms with van der Waals surface area (Å²) in [5, 5.41) is 32.8. The molecule has 1 atom stereocenters. The Labute approximate surface area is 183 Å². The van der Waals surface area contributed by atoms with Crippen molar-refractivity contribution in [1.29, 1.82) is 0 Å². The summed E-state index contributed by atoms with van der Waals surface area (Å²) in [7, 11) is 0. The molecule has 0 radical (unpaired) electrons. The van der Waals surface area contributed by atoms with Crippen LogP contribution < -0.4 is 10.1 Å². The maximum absolute atomic E-state index is 12.5. The first-order chi connectivity index (χ1) is 15.3. The van der Waals surface area contributed by atoms with E-state index in [9.17, 15) is 13.2 Å². The molecule has 33 heavy (non-hydrogen) atoms. The lowest BCUT2D eigenvalue weighted by Gasteiger charge is -2.27. The number of carboxylic acids is 4. The maximum atomic E-state index is 12.5. The van der Waals surface area contributed by atoms with Crippen molar-refractivity contribution in [2.24, 2.45) is 0 Å². The van der Waals surface area contributed by atoms with E-state index in [0.29, 0.717) is 12.3 Å². The first-order valence-corrected chi connectivity index (χ1v) is 8.87. The largest absolute Gasteiger partial charge is 0.484 e. The second kappa shape index (κ2) is 12.0. The van der Waals surface area contributed by atoms with E-state index < -0.39 is 35.6 Å². The zero-order valence-corrected chi connectivity index (χ0v) is 16.6. The average molecular weight is 473 g/mol. The fourth-order valence-corrected chi connectivity index (χ4v) is 2.45. The number of nitrogens with one attached hydrogen (secondary N) is 1. The third kappa shape index (κ3) is 9.26. The van der Waals surface area contributed by atoms with Gasteiger partial charge in [-0.25, -0.2) is 19.2 Å². The van der Waals surface area contributed by atoms with Crippen LogP contribution in [0.15, 0.2) is 48.5 Å². The molecule has 10 nitrogen and oxygen atoms in total. The molecule has 1 unspecified atom stereocenters. The molecule has 2 aromatic rings. The smallest absolute Gasteiger partial charge is 0.416 e. The van der Waals surface area contributed by atoms with Gasteiger partial charge in [0.1, 0.15) is 11.9 Å². The zero-order chi connectivity index (χ0) is 25.2. The van der Waals surface area contributed by atoms with Crippen LogP contribution in [-0.2, 0) is 31.9 Å². The number of carboxylic acid groups (broad SMARTS) is 4. The predicted octanol–water partition coefficient (Wildman–Crippen LogP) is 2.24. The minimum atomic E-state index is -4.32. The number of benzene rings is 2. The molecular formula is C20H18F3NO9. The van der Waals surface area contributed by atoms with Crippen molar-refractivity contribution in [3.05, 3.63) is 65.2 Å². The Balaban J connectivity index is 0.000000377. The summed E-state index contributed by atoms with van der Waals surface area (Å²) in [4.78, 5) is 36.4. The molecule has 0 saturated heterocycles. The topological polar surface area (TPSA) is 170 Å². The molecule has 2 aromatic carbocycles. The molecular weight excluding hydrogens is 455 g/mol. The maximum Gasteiger partial charge on any atom is 0.416 e. The van der Waals surface area contributed by atoms with E-state index in [2.05, 4.69) is 5.32 Å². The summed E-state index contributed by atoms with van der Waals surface area (Å²) >= 11 is 0. The number of fused-ring (bicyclic) bond motifs is 1. The summed E-state index contributed by atoms with van der Waals surface area (Å²) in [6.45, 7) is 1.42. The molecule has 3 rings (SSSR count). The molecule has 1 aliphatic heterocycles. The van der Waals surface area contributed by atoms with Gasteiger partial charge in [0.05, 0.1) is 5.56 Å². The van der Waals surface area contributed by atoms with Gasteiger partial charge in [-0.05, 0) is 35.4 Å². The minimum Gasteiger partial charge on any atom is -0.484 e. The van der Waals surface area contributed by atoms with E-state index in [4.69, 9.17) is 44.3 Å². The van der Waals surface area contributed by atoms with Crippen LogP contribution in [0.2, 0.25) is 0 Å². The highest BCUT2D eigenvalue weighted by molar-refractivity contribution is 6.27. The normalized spacial score (nSPS) is 14.2.